The van der Waals surface area contributed by atoms with E-state index < -0.39 is 0 Å². The molecule has 0 amide bonds. The molecule has 0 radical (unpaired) electrons. The monoisotopic (exact) mass is 203 g/mol. The Bertz CT molecular complexity index is 473. The highest BCUT2D eigenvalue weighted by atomic mass is 16.5. The molecule has 0 aliphatic rings. The third kappa shape index (κ3) is 1.86. The molecule has 2 rings (SSSR count). The van der Waals surface area contributed by atoms with E-state index in [1.807, 2.05) is 30.5 Å². The molecule has 1 aromatic heterocycles. The Kier molecular flexibility index (Phi) is 2.72. The zero-order chi connectivity index (χ0) is 10.7. The number of carbonyl (C=O) groups is 1. The van der Waals surface area contributed by atoms with Crippen molar-refractivity contribution in [2.24, 2.45) is 0 Å². The van der Waals surface area contributed by atoms with Gasteiger partial charge in [0.2, 0.25) is 0 Å². The number of fused-ring (bicyclic) bond motifs is 1. The fraction of sp³-hybridized carbons (Fsp3) is 0.250. The van der Waals surface area contributed by atoms with Crippen LogP contribution >= 0.6 is 0 Å². The molecule has 3 nitrogen and oxygen atoms in total. The average molecular weight is 203 g/mol. The first-order valence-corrected chi connectivity index (χ1v) is 4.91. The minimum Gasteiger partial charge on any atom is -0.497 e. The van der Waals surface area contributed by atoms with Gasteiger partial charge in [-0.3, -0.25) is 0 Å². The Hall–Kier alpha value is -1.77. The third-order valence-electron chi connectivity index (χ3n) is 2.47. The normalized spacial score (nSPS) is 10.5. The number of aldehydes is 1. The maximum atomic E-state index is 10.3. The summed E-state index contributed by atoms with van der Waals surface area (Å²) in [5, 5.41) is 1.14. The fourth-order valence-electron chi connectivity index (χ4n) is 1.69. The summed E-state index contributed by atoms with van der Waals surface area (Å²) in [6.45, 7) is 0.735. The molecule has 0 saturated heterocycles. The highest BCUT2D eigenvalue weighted by Gasteiger charge is 2.01. The minimum atomic E-state index is 0.551. The van der Waals surface area contributed by atoms with E-state index in [1.165, 1.54) is 0 Å². The van der Waals surface area contributed by atoms with Gasteiger partial charge in [0.1, 0.15) is 12.0 Å². The van der Waals surface area contributed by atoms with E-state index in [4.69, 9.17) is 4.74 Å². The van der Waals surface area contributed by atoms with Gasteiger partial charge in [-0.25, -0.2) is 0 Å². The Labute approximate surface area is 88.3 Å². The third-order valence-corrected chi connectivity index (χ3v) is 2.47. The highest BCUT2D eigenvalue weighted by Crippen LogP contribution is 2.21. The van der Waals surface area contributed by atoms with Crippen LogP contribution in [0.3, 0.4) is 0 Å². The van der Waals surface area contributed by atoms with Crippen LogP contribution in [0, 0.1) is 0 Å². The van der Waals surface area contributed by atoms with Gasteiger partial charge < -0.3 is 14.1 Å². The largest absolute Gasteiger partial charge is 0.497 e. The maximum Gasteiger partial charge on any atom is 0.121 e. The number of carbonyl (C=O) groups excluding carboxylic acids is 1. The second-order valence-electron chi connectivity index (χ2n) is 3.39. The molecule has 78 valence electrons. The van der Waals surface area contributed by atoms with Crippen LogP contribution in [0.2, 0.25) is 0 Å². The highest BCUT2D eigenvalue weighted by molar-refractivity contribution is 5.81. The van der Waals surface area contributed by atoms with Crippen molar-refractivity contribution in [3.63, 3.8) is 0 Å². The summed E-state index contributed by atoms with van der Waals surface area (Å²) in [6.07, 6.45) is 3.48. The number of nitrogens with zero attached hydrogens (tertiary/aromatic N) is 1. The topological polar surface area (TPSA) is 31.2 Å². The summed E-state index contributed by atoms with van der Waals surface area (Å²) in [5.41, 5.74) is 1.14. The van der Waals surface area contributed by atoms with Gasteiger partial charge in [-0.15, -0.1) is 0 Å². The fourth-order valence-corrected chi connectivity index (χ4v) is 1.69. The smallest absolute Gasteiger partial charge is 0.121 e. The van der Waals surface area contributed by atoms with Crippen LogP contribution in [-0.4, -0.2) is 18.0 Å². The van der Waals surface area contributed by atoms with Crippen LogP contribution in [0.25, 0.3) is 10.9 Å². The van der Waals surface area contributed by atoms with Crippen LogP contribution in [0.15, 0.2) is 30.5 Å². The van der Waals surface area contributed by atoms with Crippen LogP contribution in [-0.2, 0) is 11.3 Å². The van der Waals surface area contributed by atoms with E-state index in [0.29, 0.717) is 6.42 Å². The van der Waals surface area contributed by atoms with E-state index in [9.17, 15) is 4.79 Å². The van der Waals surface area contributed by atoms with E-state index in [-0.39, 0.29) is 0 Å². The molecule has 0 atom stereocenters. The Morgan fingerprint density at radius 3 is 3.00 bits per heavy atom. The van der Waals surface area contributed by atoms with E-state index in [1.54, 1.807) is 7.11 Å². The zero-order valence-corrected chi connectivity index (χ0v) is 8.64. The van der Waals surface area contributed by atoms with Crippen LogP contribution in [0.4, 0.5) is 0 Å². The van der Waals surface area contributed by atoms with Crippen molar-refractivity contribution in [3.05, 3.63) is 30.5 Å². The van der Waals surface area contributed by atoms with Gasteiger partial charge in [-0.05, 0) is 24.3 Å². The molecule has 1 aromatic carbocycles. The number of methoxy groups -OCH3 is 1. The van der Waals surface area contributed by atoms with E-state index >= 15 is 0 Å². The Balaban J connectivity index is 2.38. The molecule has 0 aliphatic heterocycles. The van der Waals surface area contributed by atoms with Gasteiger partial charge in [-0.2, -0.15) is 0 Å². The summed E-state index contributed by atoms with van der Waals surface area (Å²) in [7, 11) is 1.66. The first kappa shape index (κ1) is 9.77. The van der Waals surface area contributed by atoms with Gasteiger partial charge in [0.15, 0.2) is 0 Å². The minimum absolute atomic E-state index is 0.551. The lowest BCUT2D eigenvalue weighted by atomic mass is 10.2. The van der Waals surface area contributed by atoms with E-state index in [0.717, 1.165) is 29.5 Å². The summed E-state index contributed by atoms with van der Waals surface area (Å²) in [5.74, 6) is 0.857. The van der Waals surface area contributed by atoms with Crippen molar-refractivity contribution in [2.75, 3.05) is 7.11 Å². The molecular weight excluding hydrogens is 190 g/mol. The van der Waals surface area contributed by atoms with Crippen LogP contribution < -0.4 is 4.74 Å². The Morgan fingerprint density at radius 1 is 1.40 bits per heavy atom. The maximum absolute atomic E-state index is 10.3. The van der Waals surface area contributed by atoms with Gasteiger partial charge in [0.25, 0.3) is 0 Å². The van der Waals surface area contributed by atoms with Crippen molar-refractivity contribution in [3.8, 4) is 5.75 Å². The number of hydrogen-bond donors (Lipinski definition) is 0. The summed E-state index contributed by atoms with van der Waals surface area (Å²) < 4.78 is 7.22. The molecule has 2 aromatic rings. The molecule has 15 heavy (non-hydrogen) atoms. The number of aromatic nitrogens is 1. The van der Waals surface area contributed by atoms with Crippen molar-refractivity contribution in [1.29, 1.82) is 0 Å². The number of ether oxygens (including phenoxy) is 1. The first-order valence-electron chi connectivity index (χ1n) is 4.91. The van der Waals surface area contributed by atoms with Crippen LogP contribution in [0.5, 0.6) is 5.75 Å². The number of rotatable bonds is 4. The van der Waals surface area contributed by atoms with Gasteiger partial charge in [0, 0.05) is 30.1 Å². The van der Waals surface area contributed by atoms with Crippen LogP contribution in [0.1, 0.15) is 6.42 Å². The van der Waals surface area contributed by atoms with Crippen molar-refractivity contribution in [2.45, 2.75) is 13.0 Å². The molecule has 0 spiro atoms. The van der Waals surface area contributed by atoms with Gasteiger partial charge >= 0.3 is 0 Å². The molecule has 0 fully saturated rings. The quantitative estimate of drug-likeness (QED) is 0.713. The van der Waals surface area contributed by atoms with Crippen molar-refractivity contribution >= 4 is 17.2 Å². The Morgan fingerprint density at radius 2 is 2.27 bits per heavy atom. The van der Waals surface area contributed by atoms with E-state index in [2.05, 4.69) is 4.57 Å². The number of aryl methyl sites for hydroxylation is 1. The molecule has 0 bridgehead atoms. The molecule has 0 N–H and O–H groups in total. The average Bonchev–Trinajstić information content (AvgIpc) is 2.68. The molecule has 1 heterocycles. The predicted octanol–water partition coefficient (Wildman–Crippen LogP) is 2.24. The zero-order valence-electron chi connectivity index (χ0n) is 8.64. The summed E-state index contributed by atoms with van der Waals surface area (Å²) in [6, 6.07) is 7.97. The van der Waals surface area contributed by atoms with Gasteiger partial charge in [-0.1, -0.05) is 0 Å². The van der Waals surface area contributed by atoms with Crippen molar-refractivity contribution < 1.29 is 9.53 Å². The SMILES string of the molecule is COc1ccc2c(ccn2CCC=O)c1. The number of hydrogen-bond acceptors (Lipinski definition) is 2. The molecule has 3 heteroatoms. The van der Waals surface area contributed by atoms with Crippen molar-refractivity contribution in [1.82, 2.24) is 4.57 Å². The lowest BCUT2D eigenvalue weighted by Gasteiger charge is -2.03. The summed E-state index contributed by atoms with van der Waals surface area (Å²) in [4.78, 5) is 10.3. The molecule has 0 aliphatic carbocycles. The lowest BCUT2D eigenvalue weighted by Crippen LogP contribution is -1.96. The second-order valence-corrected chi connectivity index (χ2v) is 3.39. The summed E-state index contributed by atoms with van der Waals surface area (Å²) >= 11 is 0. The second kappa shape index (κ2) is 4.17. The molecule has 0 saturated carbocycles. The molecular formula is C12H13NO2. The lowest BCUT2D eigenvalue weighted by molar-refractivity contribution is -0.108. The predicted molar refractivity (Wildman–Crippen MR) is 59.2 cm³/mol. The first-order chi connectivity index (χ1) is 7.35. The van der Waals surface area contributed by atoms with Gasteiger partial charge in [0.05, 0.1) is 7.11 Å². The number of benzene rings is 1. The molecule has 0 unspecified atom stereocenters. The standard InChI is InChI=1S/C12H13NO2/c1-15-11-3-4-12-10(9-11)5-7-13(12)6-2-8-14/h3-5,7-9H,2,6H2,1H3.